The van der Waals surface area contributed by atoms with Gasteiger partial charge >= 0.3 is 20.9 Å². The van der Waals surface area contributed by atoms with Crippen LogP contribution < -0.4 is 11.2 Å². The number of nitrogens with zero attached hydrogens (tertiary/aromatic N) is 3. The number of rotatable bonds is 9. The minimum absolute atomic E-state index is 0.207. The Morgan fingerprint density at radius 3 is 2.44 bits per heavy atom. The summed E-state index contributed by atoms with van der Waals surface area (Å²) in [5.41, 5.74) is 0.617. The number of fused-ring (bicyclic) bond motifs is 1. The molecule has 6 atom stereocenters. The van der Waals surface area contributed by atoms with Crippen LogP contribution in [0.15, 0.2) is 46.5 Å². The summed E-state index contributed by atoms with van der Waals surface area (Å²) in [6.45, 7) is 1.68. The van der Waals surface area contributed by atoms with Gasteiger partial charge in [0.05, 0.1) is 18.8 Å². The van der Waals surface area contributed by atoms with Crippen LogP contribution in [0, 0.1) is 18.3 Å². The minimum atomic E-state index is -4.81. The zero-order valence-corrected chi connectivity index (χ0v) is 21.4. The molecule has 4 rings (SSSR count). The van der Waals surface area contributed by atoms with Gasteiger partial charge in [0, 0.05) is 24.7 Å². The van der Waals surface area contributed by atoms with Crippen LogP contribution in [0.3, 0.4) is 0 Å². The number of aliphatic hydroxyl groups is 2. The molecular formula is C21H29N3O10P2. The van der Waals surface area contributed by atoms with Crippen LogP contribution >= 0.6 is 15.2 Å². The quantitative estimate of drug-likeness (QED) is 0.214. The summed E-state index contributed by atoms with van der Waals surface area (Å²) in [6, 6.07) is 8.38. The molecule has 1 aromatic heterocycles. The molecule has 36 heavy (non-hydrogen) atoms. The van der Waals surface area contributed by atoms with E-state index in [-0.39, 0.29) is 18.5 Å². The van der Waals surface area contributed by atoms with E-state index in [1.807, 2.05) is 31.2 Å². The SMILES string of the molecule is Cc1ccc(CO/N=c2/ccn([C@@H]3[C@H]4C[C@@]4(COP(=O)(O)CP(=O)(O)O)C(O)[C@@H]3O)c(=O)n2C)cc1. The Balaban J connectivity index is 1.49. The summed E-state index contributed by atoms with van der Waals surface area (Å²) in [7, 11) is -7.96. The summed E-state index contributed by atoms with van der Waals surface area (Å²) in [4.78, 5) is 46.1. The van der Waals surface area contributed by atoms with Gasteiger partial charge in [-0.2, -0.15) is 0 Å². The summed E-state index contributed by atoms with van der Waals surface area (Å²) in [6.07, 6.45) is -1.03. The molecule has 2 aliphatic rings. The standard InChI is InChI=1S/C21H29N3O10P2/c1-13-3-5-14(6-4-13)10-33-22-16-7-8-24(20(27)23(16)2)17-15-9-21(15,19(26)18(17)25)11-34-36(31,32)12-35(28,29)30/h3-8,15,17-19,25-26H,9-12H2,1-2H3,(H,31,32)(H2,28,29,30)/b22-16-/t15-,17-,18-,19?,21+/m1/s1. The first-order valence-electron chi connectivity index (χ1n) is 11.1. The zero-order valence-electron chi connectivity index (χ0n) is 19.6. The van der Waals surface area contributed by atoms with Crippen molar-refractivity contribution >= 4 is 15.2 Å². The fourth-order valence-corrected chi connectivity index (χ4v) is 7.42. The first kappa shape index (κ1) is 27.0. The van der Waals surface area contributed by atoms with Gasteiger partial charge in [-0.25, -0.2) is 4.79 Å². The largest absolute Gasteiger partial charge is 0.390 e. The third-order valence-electron chi connectivity index (χ3n) is 6.82. The average molecular weight is 545 g/mol. The lowest BCUT2D eigenvalue weighted by atomic mass is 10.0. The molecule has 2 unspecified atom stereocenters. The molecule has 2 saturated carbocycles. The number of hydrogen-bond acceptors (Lipinski definition) is 8. The predicted molar refractivity (Wildman–Crippen MR) is 125 cm³/mol. The van der Waals surface area contributed by atoms with Gasteiger partial charge in [0.1, 0.15) is 12.7 Å². The summed E-state index contributed by atoms with van der Waals surface area (Å²) in [5, 5.41) is 25.4. The average Bonchev–Trinajstić information content (AvgIpc) is 3.46. The third-order valence-corrected chi connectivity index (χ3v) is 10.3. The van der Waals surface area contributed by atoms with Crippen molar-refractivity contribution in [1.82, 2.24) is 9.13 Å². The van der Waals surface area contributed by atoms with Crippen molar-refractivity contribution in [2.24, 2.45) is 23.5 Å². The van der Waals surface area contributed by atoms with E-state index in [0.29, 0.717) is 0 Å². The number of aryl methyl sites for hydroxylation is 1. The van der Waals surface area contributed by atoms with Crippen molar-refractivity contribution < 1.29 is 43.4 Å². The lowest BCUT2D eigenvalue weighted by Crippen LogP contribution is -2.43. The number of aromatic nitrogens is 2. The Labute approximate surface area is 205 Å². The molecule has 198 valence electrons. The first-order valence-corrected chi connectivity index (χ1v) is 14.7. The molecule has 5 N–H and O–H groups in total. The molecule has 0 radical (unpaired) electrons. The van der Waals surface area contributed by atoms with E-state index in [0.717, 1.165) is 11.1 Å². The van der Waals surface area contributed by atoms with Crippen LogP contribution in [0.5, 0.6) is 0 Å². The van der Waals surface area contributed by atoms with Crippen molar-refractivity contribution in [3.05, 3.63) is 63.6 Å². The van der Waals surface area contributed by atoms with Crippen molar-refractivity contribution in [3.8, 4) is 0 Å². The van der Waals surface area contributed by atoms with E-state index in [4.69, 9.17) is 19.1 Å². The van der Waals surface area contributed by atoms with Crippen LogP contribution in [0.2, 0.25) is 0 Å². The van der Waals surface area contributed by atoms with Gasteiger partial charge in [-0.1, -0.05) is 35.0 Å². The highest BCUT2D eigenvalue weighted by molar-refractivity contribution is 7.70. The Morgan fingerprint density at radius 2 is 1.81 bits per heavy atom. The summed E-state index contributed by atoms with van der Waals surface area (Å²) >= 11 is 0. The van der Waals surface area contributed by atoms with Gasteiger partial charge in [0.2, 0.25) is 0 Å². The Hall–Kier alpha value is -2.08. The Bertz CT molecular complexity index is 1350. The van der Waals surface area contributed by atoms with Crippen LogP contribution in [-0.2, 0) is 32.1 Å². The van der Waals surface area contributed by atoms with E-state index in [1.54, 1.807) is 0 Å². The van der Waals surface area contributed by atoms with Crippen molar-refractivity contribution in [1.29, 1.82) is 0 Å². The molecule has 0 aliphatic heterocycles. The van der Waals surface area contributed by atoms with Gasteiger partial charge in [0.25, 0.3) is 0 Å². The molecule has 0 amide bonds. The third kappa shape index (κ3) is 5.44. The molecule has 15 heteroatoms. The van der Waals surface area contributed by atoms with Crippen LogP contribution in [0.25, 0.3) is 0 Å². The van der Waals surface area contributed by atoms with E-state index >= 15 is 0 Å². The molecule has 13 nitrogen and oxygen atoms in total. The predicted octanol–water partition coefficient (Wildman–Crippen LogP) is 0.148. The molecule has 1 aromatic carbocycles. The molecule has 2 aliphatic carbocycles. The second-order valence-corrected chi connectivity index (χ2v) is 13.5. The van der Waals surface area contributed by atoms with Crippen LogP contribution in [-0.4, -0.2) is 58.7 Å². The molecule has 2 fully saturated rings. The summed E-state index contributed by atoms with van der Waals surface area (Å²) in [5.74, 6) is -1.81. The topological polar surface area (TPSA) is 193 Å². The maximum Gasteiger partial charge on any atom is 0.340 e. The van der Waals surface area contributed by atoms with Gasteiger partial charge in [-0.05, 0) is 24.8 Å². The maximum absolute atomic E-state index is 13.1. The molecule has 0 bridgehead atoms. The van der Waals surface area contributed by atoms with E-state index in [2.05, 4.69) is 5.16 Å². The second kappa shape index (κ2) is 9.66. The lowest BCUT2D eigenvalue weighted by Gasteiger charge is -2.25. The smallest absolute Gasteiger partial charge is 0.340 e. The highest BCUT2D eigenvalue weighted by Crippen LogP contribution is 2.69. The molecule has 0 spiro atoms. The minimum Gasteiger partial charge on any atom is -0.390 e. The van der Waals surface area contributed by atoms with Crippen molar-refractivity contribution in [3.63, 3.8) is 0 Å². The van der Waals surface area contributed by atoms with Crippen LogP contribution in [0.1, 0.15) is 23.6 Å². The Kier molecular flexibility index (Phi) is 7.24. The van der Waals surface area contributed by atoms with Crippen LogP contribution in [0.4, 0.5) is 0 Å². The zero-order chi connectivity index (χ0) is 26.5. The molecule has 2 aromatic rings. The lowest BCUT2D eigenvalue weighted by molar-refractivity contribution is -0.0292. The van der Waals surface area contributed by atoms with Crippen molar-refractivity contribution in [2.45, 2.75) is 38.2 Å². The van der Waals surface area contributed by atoms with E-state index in [1.165, 1.54) is 28.4 Å². The first-order chi connectivity index (χ1) is 16.7. The van der Waals surface area contributed by atoms with Gasteiger partial charge < -0.3 is 34.3 Å². The molecule has 0 saturated heterocycles. The fourth-order valence-electron chi connectivity index (χ4n) is 4.79. The normalized spacial score (nSPS) is 29.6. The maximum atomic E-state index is 13.1. The van der Waals surface area contributed by atoms with E-state index < -0.39 is 63.0 Å². The monoisotopic (exact) mass is 545 g/mol. The molecular weight excluding hydrogens is 516 g/mol. The fraction of sp³-hybridized carbons (Fsp3) is 0.524. The molecule has 1 heterocycles. The van der Waals surface area contributed by atoms with Gasteiger partial charge in [-0.3, -0.25) is 18.3 Å². The Morgan fingerprint density at radius 1 is 1.14 bits per heavy atom. The van der Waals surface area contributed by atoms with Gasteiger partial charge in [0.15, 0.2) is 11.4 Å². The number of hydrogen-bond donors (Lipinski definition) is 5. The number of aliphatic hydroxyl groups excluding tert-OH is 2. The summed E-state index contributed by atoms with van der Waals surface area (Å²) < 4.78 is 30.5. The van der Waals surface area contributed by atoms with Gasteiger partial charge in [-0.15, -0.1) is 0 Å². The van der Waals surface area contributed by atoms with E-state index in [9.17, 15) is 29.0 Å². The highest BCUT2D eigenvalue weighted by atomic mass is 31.2. The van der Waals surface area contributed by atoms with Crippen molar-refractivity contribution in [2.75, 3.05) is 12.5 Å². The number of benzene rings is 1. The highest BCUT2D eigenvalue weighted by Gasteiger charge is 2.72. The second-order valence-electron chi connectivity index (χ2n) is 9.46.